The number of hydrogen-bond acceptors (Lipinski definition) is 3. The number of carbonyl (C=O) groups excluding carboxylic acids is 1. The third-order valence-corrected chi connectivity index (χ3v) is 4.68. The van der Waals surface area contributed by atoms with Gasteiger partial charge in [-0.1, -0.05) is 84.4 Å². The summed E-state index contributed by atoms with van der Waals surface area (Å²) in [5.41, 5.74) is 6.41. The van der Waals surface area contributed by atoms with Crippen molar-refractivity contribution in [2.24, 2.45) is 5.10 Å². The van der Waals surface area contributed by atoms with E-state index in [2.05, 4.69) is 40.1 Å². The number of hydrogen-bond donors (Lipinski definition) is 2. The van der Waals surface area contributed by atoms with Crippen molar-refractivity contribution in [1.29, 1.82) is 0 Å². The second-order valence-corrected chi connectivity index (χ2v) is 6.78. The predicted octanol–water partition coefficient (Wildman–Crippen LogP) is 5.08. The molecule has 0 saturated carbocycles. The van der Waals surface area contributed by atoms with Gasteiger partial charge in [0.2, 0.25) is 0 Å². The molecule has 0 aliphatic carbocycles. The van der Waals surface area contributed by atoms with Gasteiger partial charge in [-0.25, -0.2) is 5.43 Å². The third kappa shape index (κ3) is 5.21. The van der Waals surface area contributed by atoms with E-state index in [9.17, 15) is 4.79 Å². The average molecular weight is 392 g/mol. The maximum Gasteiger partial charge on any atom is 0.259 e. The minimum atomic E-state index is -0.237. The van der Waals surface area contributed by atoms with Crippen molar-refractivity contribution in [3.8, 4) is 0 Å². The zero-order valence-corrected chi connectivity index (χ0v) is 16.4. The quantitative estimate of drug-likeness (QED) is 0.436. The third-order valence-electron chi connectivity index (χ3n) is 4.35. The van der Waals surface area contributed by atoms with Crippen LogP contribution in [0.3, 0.4) is 0 Å². The molecule has 3 rings (SSSR count). The van der Waals surface area contributed by atoms with Gasteiger partial charge in [0.15, 0.2) is 0 Å². The molecule has 5 heteroatoms. The summed E-state index contributed by atoms with van der Waals surface area (Å²) in [5.74, 6) is -0.265. The summed E-state index contributed by atoms with van der Waals surface area (Å²) >= 11 is 6.09. The highest BCUT2D eigenvalue weighted by Gasteiger charge is 2.17. The summed E-state index contributed by atoms with van der Waals surface area (Å²) < 4.78 is 0. The molecular formula is C23H22ClN3O. The van der Waals surface area contributed by atoms with Crippen molar-refractivity contribution < 1.29 is 4.79 Å². The largest absolute Gasteiger partial charge is 0.375 e. The fourth-order valence-corrected chi connectivity index (χ4v) is 3.20. The standard InChI is InChI=1S/C23H22ClN3O/c1-17(26-27-22(28)16-25-21-15-9-8-14-20(21)24)23(18-10-4-2-5-11-18)19-12-6-3-7-13-19/h2-15,23,25H,16H2,1H3,(H,27,28)/b26-17+. The number of nitrogens with zero attached hydrogens (tertiary/aromatic N) is 1. The highest BCUT2D eigenvalue weighted by Crippen LogP contribution is 2.26. The number of rotatable bonds is 7. The lowest BCUT2D eigenvalue weighted by atomic mass is 9.88. The molecule has 0 aliphatic rings. The molecule has 142 valence electrons. The van der Waals surface area contributed by atoms with Crippen LogP contribution in [-0.4, -0.2) is 18.2 Å². The smallest absolute Gasteiger partial charge is 0.259 e. The number of amides is 1. The van der Waals surface area contributed by atoms with Crippen LogP contribution < -0.4 is 10.7 Å². The second kappa shape index (κ2) is 9.72. The van der Waals surface area contributed by atoms with Crippen molar-refractivity contribution in [2.75, 3.05) is 11.9 Å². The number of anilines is 1. The number of nitrogens with one attached hydrogen (secondary N) is 2. The summed E-state index contributed by atoms with van der Waals surface area (Å²) in [6.07, 6.45) is 0. The summed E-state index contributed by atoms with van der Waals surface area (Å²) in [6.45, 7) is 2.01. The van der Waals surface area contributed by atoms with Gasteiger partial charge in [0.1, 0.15) is 0 Å². The molecule has 4 nitrogen and oxygen atoms in total. The van der Waals surface area contributed by atoms with Gasteiger partial charge in [-0.05, 0) is 30.2 Å². The Morgan fingerprint density at radius 1 is 0.893 bits per heavy atom. The van der Waals surface area contributed by atoms with E-state index in [0.29, 0.717) is 10.7 Å². The first-order chi connectivity index (χ1) is 13.6. The van der Waals surface area contributed by atoms with Crippen molar-refractivity contribution >= 4 is 28.9 Å². The fraction of sp³-hybridized carbons (Fsp3) is 0.130. The molecule has 0 spiro atoms. The van der Waals surface area contributed by atoms with Gasteiger partial charge in [-0.2, -0.15) is 5.10 Å². The Morgan fingerprint density at radius 2 is 1.43 bits per heavy atom. The number of halogens is 1. The van der Waals surface area contributed by atoms with Crippen LogP contribution in [0.2, 0.25) is 5.02 Å². The van der Waals surface area contributed by atoms with Crippen LogP contribution in [0.25, 0.3) is 0 Å². The highest BCUT2D eigenvalue weighted by atomic mass is 35.5. The molecular weight excluding hydrogens is 370 g/mol. The van der Waals surface area contributed by atoms with Crippen LogP contribution in [0.1, 0.15) is 24.0 Å². The van der Waals surface area contributed by atoms with E-state index in [-0.39, 0.29) is 18.4 Å². The fourth-order valence-electron chi connectivity index (χ4n) is 3.00. The lowest BCUT2D eigenvalue weighted by Gasteiger charge is -2.18. The van der Waals surface area contributed by atoms with Gasteiger partial charge in [0, 0.05) is 11.6 Å². The SMILES string of the molecule is C/C(=N\NC(=O)CNc1ccccc1Cl)C(c1ccccc1)c1ccccc1. The van der Waals surface area contributed by atoms with Gasteiger partial charge in [-0.15, -0.1) is 0 Å². The molecule has 3 aromatic carbocycles. The molecule has 3 aromatic rings. The van der Waals surface area contributed by atoms with Crippen LogP contribution in [0, 0.1) is 0 Å². The Kier molecular flexibility index (Phi) is 6.82. The molecule has 28 heavy (non-hydrogen) atoms. The van der Waals surface area contributed by atoms with E-state index >= 15 is 0 Å². The van der Waals surface area contributed by atoms with E-state index in [4.69, 9.17) is 11.6 Å². The molecule has 0 aromatic heterocycles. The normalized spacial score (nSPS) is 11.3. The number of hydrazone groups is 1. The minimum Gasteiger partial charge on any atom is -0.375 e. The summed E-state index contributed by atoms with van der Waals surface area (Å²) in [6, 6.07) is 27.6. The Hall–Kier alpha value is -3.11. The molecule has 1 amide bonds. The van der Waals surface area contributed by atoms with E-state index in [1.54, 1.807) is 6.07 Å². The van der Waals surface area contributed by atoms with E-state index in [0.717, 1.165) is 16.8 Å². The van der Waals surface area contributed by atoms with Crippen molar-refractivity contribution in [3.05, 3.63) is 101 Å². The van der Waals surface area contributed by atoms with Crippen LogP contribution >= 0.6 is 11.6 Å². The van der Waals surface area contributed by atoms with Crippen LogP contribution in [0.5, 0.6) is 0 Å². The molecule has 0 unspecified atom stereocenters. The van der Waals surface area contributed by atoms with Crippen LogP contribution in [0.4, 0.5) is 5.69 Å². The summed E-state index contributed by atoms with van der Waals surface area (Å²) in [4.78, 5) is 12.2. The molecule has 0 bridgehead atoms. The first-order valence-corrected chi connectivity index (χ1v) is 9.44. The Morgan fingerprint density at radius 3 is 2.00 bits per heavy atom. The van der Waals surface area contributed by atoms with Gasteiger partial charge >= 0.3 is 0 Å². The molecule has 0 saturated heterocycles. The monoisotopic (exact) mass is 391 g/mol. The molecule has 0 atom stereocenters. The average Bonchev–Trinajstić information content (AvgIpc) is 2.73. The maximum absolute atomic E-state index is 12.2. The Balaban J connectivity index is 1.70. The van der Waals surface area contributed by atoms with E-state index < -0.39 is 0 Å². The zero-order valence-electron chi connectivity index (χ0n) is 15.6. The lowest BCUT2D eigenvalue weighted by Crippen LogP contribution is -2.27. The first-order valence-electron chi connectivity index (χ1n) is 9.06. The highest BCUT2D eigenvalue weighted by molar-refractivity contribution is 6.33. The summed E-state index contributed by atoms with van der Waals surface area (Å²) in [7, 11) is 0. The van der Waals surface area contributed by atoms with Crippen molar-refractivity contribution in [2.45, 2.75) is 12.8 Å². The van der Waals surface area contributed by atoms with Gasteiger partial charge < -0.3 is 5.32 Å². The number of benzene rings is 3. The maximum atomic E-state index is 12.2. The molecule has 0 radical (unpaired) electrons. The molecule has 0 heterocycles. The zero-order chi connectivity index (χ0) is 19.8. The summed E-state index contributed by atoms with van der Waals surface area (Å²) in [5, 5.41) is 7.94. The second-order valence-electron chi connectivity index (χ2n) is 6.38. The van der Waals surface area contributed by atoms with Crippen molar-refractivity contribution in [1.82, 2.24) is 5.43 Å². The van der Waals surface area contributed by atoms with Gasteiger partial charge in [0.25, 0.3) is 5.91 Å². The lowest BCUT2D eigenvalue weighted by molar-refractivity contribution is -0.119. The minimum absolute atomic E-state index is 0.0285. The topological polar surface area (TPSA) is 53.5 Å². The van der Waals surface area contributed by atoms with Gasteiger partial charge in [0.05, 0.1) is 17.3 Å². The van der Waals surface area contributed by atoms with E-state index in [1.807, 2.05) is 61.5 Å². The Bertz CT molecular complexity index is 903. The number of para-hydroxylation sites is 1. The number of carbonyl (C=O) groups is 1. The predicted molar refractivity (Wildman–Crippen MR) is 116 cm³/mol. The molecule has 0 fully saturated rings. The first kappa shape index (κ1) is 19.6. The van der Waals surface area contributed by atoms with Crippen molar-refractivity contribution in [3.63, 3.8) is 0 Å². The molecule has 2 N–H and O–H groups in total. The van der Waals surface area contributed by atoms with Crippen LogP contribution in [-0.2, 0) is 4.79 Å². The van der Waals surface area contributed by atoms with Gasteiger partial charge in [-0.3, -0.25) is 4.79 Å². The van der Waals surface area contributed by atoms with E-state index in [1.165, 1.54) is 0 Å². The van der Waals surface area contributed by atoms with Crippen LogP contribution in [0.15, 0.2) is 90.0 Å². The molecule has 0 aliphatic heterocycles. The Labute approximate surface area is 170 Å².